The fourth-order valence-corrected chi connectivity index (χ4v) is 4.97. The highest BCUT2D eigenvalue weighted by Gasteiger charge is 2.44. The van der Waals surface area contributed by atoms with E-state index in [2.05, 4.69) is 27.6 Å². The molecule has 176 valence electrons. The van der Waals surface area contributed by atoms with Crippen LogP contribution in [0.4, 0.5) is 10.1 Å². The summed E-state index contributed by atoms with van der Waals surface area (Å²) >= 11 is 0. The number of fused-ring (bicyclic) bond motifs is 1. The third kappa shape index (κ3) is 4.80. The van der Waals surface area contributed by atoms with Crippen LogP contribution in [0.2, 0.25) is 0 Å². The van der Waals surface area contributed by atoms with Crippen molar-refractivity contribution in [3.05, 3.63) is 71.8 Å². The highest BCUT2D eigenvalue weighted by molar-refractivity contribution is 5.98. The molecule has 1 aromatic heterocycles. The molecule has 0 spiro atoms. The first-order chi connectivity index (χ1) is 16.5. The highest BCUT2D eigenvalue weighted by Crippen LogP contribution is 2.48. The number of likely N-dealkylation sites (tertiary alicyclic amines) is 1. The molecule has 7 heteroatoms. The van der Waals surface area contributed by atoms with Crippen molar-refractivity contribution in [1.82, 2.24) is 15.2 Å². The maximum Gasteiger partial charge on any atom is 0.251 e. The molecule has 1 aliphatic carbocycles. The third-order valence-corrected chi connectivity index (χ3v) is 7.01. The molecule has 2 aliphatic rings. The number of piperidine rings is 1. The zero-order chi connectivity index (χ0) is 23.7. The molecule has 1 saturated heterocycles. The van der Waals surface area contributed by atoms with E-state index in [9.17, 15) is 14.0 Å². The van der Waals surface area contributed by atoms with Gasteiger partial charge in [-0.3, -0.25) is 14.6 Å². The van der Waals surface area contributed by atoms with E-state index in [1.807, 2.05) is 24.3 Å². The predicted octanol–water partition coefficient (Wildman–Crippen LogP) is 4.19. The van der Waals surface area contributed by atoms with Crippen molar-refractivity contribution in [2.24, 2.45) is 11.8 Å². The Morgan fingerprint density at radius 2 is 1.97 bits per heavy atom. The number of nitrogens with one attached hydrogen (secondary N) is 2. The summed E-state index contributed by atoms with van der Waals surface area (Å²) < 4.78 is 14.8. The maximum absolute atomic E-state index is 14.8. The van der Waals surface area contributed by atoms with Crippen LogP contribution < -0.4 is 10.6 Å². The summed E-state index contributed by atoms with van der Waals surface area (Å²) in [5.41, 5.74) is 1.84. The molecule has 0 bridgehead atoms. The van der Waals surface area contributed by atoms with E-state index in [4.69, 9.17) is 0 Å². The van der Waals surface area contributed by atoms with Crippen molar-refractivity contribution < 1.29 is 14.0 Å². The summed E-state index contributed by atoms with van der Waals surface area (Å²) in [4.78, 5) is 31.6. The lowest BCUT2D eigenvalue weighted by Crippen LogP contribution is -2.39. The van der Waals surface area contributed by atoms with Gasteiger partial charge in [0.1, 0.15) is 0 Å². The van der Waals surface area contributed by atoms with Gasteiger partial charge in [0, 0.05) is 47.7 Å². The SMILES string of the molecule is CN1CCCC(CNC(=O)c2ccc([C@@H]3C[C@H]3C(=O)Nc3ccc4cnccc4c3F)cc2)C1. The average molecular weight is 461 g/mol. The molecule has 2 heterocycles. The van der Waals surface area contributed by atoms with Crippen LogP contribution in [0.15, 0.2) is 54.9 Å². The van der Waals surface area contributed by atoms with E-state index >= 15 is 0 Å². The second-order valence-corrected chi connectivity index (χ2v) is 9.56. The summed E-state index contributed by atoms with van der Waals surface area (Å²) in [5, 5.41) is 6.93. The maximum atomic E-state index is 14.8. The fourth-order valence-electron chi connectivity index (χ4n) is 4.97. The molecule has 2 aromatic carbocycles. The molecule has 0 radical (unpaired) electrons. The topological polar surface area (TPSA) is 74.3 Å². The first-order valence-electron chi connectivity index (χ1n) is 11.9. The normalized spacial score (nSPS) is 22.4. The highest BCUT2D eigenvalue weighted by atomic mass is 19.1. The number of rotatable bonds is 6. The molecule has 1 aliphatic heterocycles. The fraction of sp³-hybridized carbons (Fsp3) is 0.370. The number of hydrogen-bond acceptors (Lipinski definition) is 4. The quantitative estimate of drug-likeness (QED) is 0.579. The van der Waals surface area contributed by atoms with Crippen LogP contribution in [0, 0.1) is 17.7 Å². The smallest absolute Gasteiger partial charge is 0.251 e. The first-order valence-corrected chi connectivity index (χ1v) is 11.9. The van der Waals surface area contributed by atoms with Gasteiger partial charge >= 0.3 is 0 Å². The summed E-state index contributed by atoms with van der Waals surface area (Å²) in [6.45, 7) is 2.84. The number of aromatic nitrogens is 1. The number of amides is 2. The number of benzene rings is 2. The number of carbonyl (C=O) groups is 2. The predicted molar refractivity (Wildman–Crippen MR) is 130 cm³/mol. The first kappa shape index (κ1) is 22.5. The Labute approximate surface area is 198 Å². The van der Waals surface area contributed by atoms with Gasteiger partial charge in [-0.15, -0.1) is 0 Å². The summed E-state index contributed by atoms with van der Waals surface area (Å²) in [5.74, 6) is -0.306. The zero-order valence-corrected chi connectivity index (χ0v) is 19.3. The number of anilines is 1. The Kier molecular flexibility index (Phi) is 6.28. The molecular formula is C27H29FN4O2. The van der Waals surface area contributed by atoms with Crippen LogP contribution in [0.25, 0.3) is 10.8 Å². The molecule has 34 heavy (non-hydrogen) atoms. The largest absolute Gasteiger partial charge is 0.352 e. The van der Waals surface area contributed by atoms with Crippen LogP contribution >= 0.6 is 0 Å². The van der Waals surface area contributed by atoms with Gasteiger partial charge < -0.3 is 15.5 Å². The van der Waals surface area contributed by atoms with E-state index in [0.717, 1.165) is 25.1 Å². The molecule has 1 saturated carbocycles. The van der Waals surface area contributed by atoms with Crippen molar-refractivity contribution >= 4 is 28.3 Å². The standard InChI is InChI=1S/C27H29FN4O2/c1-32-12-2-3-17(16-32)14-30-26(33)19-6-4-18(5-7-19)22-13-23(22)27(34)31-24-9-8-20-15-29-11-10-21(20)25(24)28/h4-11,15,17,22-23H,2-3,12-14,16H2,1H3,(H,30,33)(H,31,34)/t17?,22-,23+/m0/s1. The Hall–Kier alpha value is -3.32. The lowest BCUT2D eigenvalue weighted by atomic mass is 9.98. The van der Waals surface area contributed by atoms with Crippen molar-refractivity contribution in [3.8, 4) is 0 Å². The molecule has 6 nitrogen and oxygen atoms in total. The van der Waals surface area contributed by atoms with Gasteiger partial charge in [0.15, 0.2) is 5.82 Å². The lowest BCUT2D eigenvalue weighted by molar-refractivity contribution is -0.117. The Balaban J connectivity index is 1.16. The average Bonchev–Trinajstić information content (AvgIpc) is 3.66. The second kappa shape index (κ2) is 9.50. The minimum Gasteiger partial charge on any atom is -0.352 e. The van der Waals surface area contributed by atoms with Gasteiger partial charge in [-0.2, -0.15) is 0 Å². The molecular weight excluding hydrogens is 431 g/mol. The minimum atomic E-state index is -0.444. The van der Waals surface area contributed by atoms with Crippen molar-refractivity contribution in [3.63, 3.8) is 0 Å². The van der Waals surface area contributed by atoms with Crippen molar-refractivity contribution in [1.29, 1.82) is 0 Å². The van der Waals surface area contributed by atoms with Gasteiger partial charge in [-0.25, -0.2) is 4.39 Å². The van der Waals surface area contributed by atoms with Gasteiger partial charge in [0.2, 0.25) is 5.91 Å². The van der Waals surface area contributed by atoms with Crippen LogP contribution in [0.5, 0.6) is 0 Å². The van der Waals surface area contributed by atoms with Crippen LogP contribution in [-0.4, -0.2) is 48.4 Å². The molecule has 1 unspecified atom stereocenters. The molecule has 2 amide bonds. The monoisotopic (exact) mass is 460 g/mol. The van der Waals surface area contributed by atoms with Gasteiger partial charge in [-0.1, -0.05) is 18.2 Å². The van der Waals surface area contributed by atoms with Crippen LogP contribution in [0.3, 0.4) is 0 Å². The number of hydrogen-bond donors (Lipinski definition) is 2. The summed E-state index contributed by atoms with van der Waals surface area (Å²) in [6, 6.07) is 12.4. The van der Waals surface area contributed by atoms with Gasteiger partial charge in [0.05, 0.1) is 5.69 Å². The summed E-state index contributed by atoms with van der Waals surface area (Å²) in [7, 11) is 2.12. The molecule has 3 atom stereocenters. The van der Waals surface area contributed by atoms with E-state index in [0.29, 0.717) is 35.2 Å². The summed E-state index contributed by atoms with van der Waals surface area (Å²) in [6.07, 6.45) is 6.17. The molecule has 2 N–H and O–H groups in total. The molecule has 3 aromatic rings. The number of nitrogens with zero attached hydrogens (tertiary/aromatic N) is 2. The second-order valence-electron chi connectivity index (χ2n) is 9.56. The number of halogens is 1. The van der Waals surface area contributed by atoms with Crippen molar-refractivity contribution in [2.75, 3.05) is 32.0 Å². The van der Waals surface area contributed by atoms with Gasteiger partial charge in [0.25, 0.3) is 5.91 Å². The lowest BCUT2D eigenvalue weighted by Gasteiger charge is -2.29. The molecule has 5 rings (SSSR count). The van der Waals surface area contributed by atoms with Crippen LogP contribution in [0.1, 0.15) is 41.1 Å². The molecule has 2 fully saturated rings. The Morgan fingerprint density at radius 3 is 2.76 bits per heavy atom. The minimum absolute atomic E-state index is 0.0631. The third-order valence-electron chi connectivity index (χ3n) is 7.01. The van der Waals surface area contributed by atoms with Gasteiger partial charge in [-0.05, 0) is 74.5 Å². The number of carbonyl (C=O) groups excluding carboxylic acids is 2. The Morgan fingerprint density at radius 1 is 1.15 bits per heavy atom. The van der Waals surface area contributed by atoms with E-state index < -0.39 is 5.82 Å². The number of pyridine rings is 1. The van der Waals surface area contributed by atoms with Crippen molar-refractivity contribution in [2.45, 2.75) is 25.2 Å². The van der Waals surface area contributed by atoms with E-state index in [1.165, 1.54) is 12.6 Å². The van der Waals surface area contributed by atoms with E-state index in [1.54, 1.807) is 24.4 Å². The van der Waals surface area contributed by atoms with E-state index in [-0.39, 0.29) is 29.3 Å². The zero-order valence-electron chi connectivity index (χ0n) is 19.3. The van der Waals surface area contributed by atoms with Crippen LogP contribution in [-0.2, 0) is 4.79 Å². The Bertz CT molecular complexity index is 1210.